The second-order valence-electron chi connectivity index (χ2n) is 6.10. The second kappa shape index (κ2) is 7.43. The molecule has 1 N–H and O–H groups in total. The van der Waals surface area contributed by atoms with Crippen LogP contribution >= 0.6 is 0 Å². The summed E-state index contributed by atoms with van der Waals surface area (Å²) in [5, 5.41) is 10.6. The third kappa shape index (κ3) is 3.96. The Balaban J connectivity index is 1.44. The van der Waals surface area contributed by atoms with Crippen molar-refractivity contribution in [2.75, 3.05) is 5.32 Å². The van der Waals surface area contributed by atoms with E-state index in [0.29, 0.717) is 23.5 Å². The zero-order chi connectivity index (χ0) is 19.5. The van der Waals surface area contributed by atoms with Crippen LogP contribution in [0.15, 0.2) is 71.5 Å². The molecule has 0 aliphatic rings. The Morgan fingerprint density at radius 3 is 2.64 bits per heavy atom. The number of carbonyl (C=O) groups is 1. The minimum atomic E-state index is -0.513. The maximum Gasteiger partial charge on any atom is 0.294 e. The molecular weight excluding hydrogens is 366 g/mol. The van der Waals surface area contributed by atoms with E-state index in [1.807, 2.05) is 0 Å². The Kier molecular flexibility index (Phi) is 4.67. The average Bonchev–Trinajstić information content (AvgIpc) is 3.32. The zero-order valence-corrected chi connectivity index (χ0v) is 14.5. The lowest BCUT2D eigenvalue weighted by Crippen LogP contribution is -2.10. The van der Waals surface area contributed by atoms with E-state index in [-0.39, 0.29) is 11.6 Å². The van der Waals surface area contributed by atoms with Crippen LogP contribution in [0.5, 0.6) is 0 Å². The lowest BCUT2D eigenvalue weighted by Gasteiger charge is -2.01. The van der Waals surface area contributed by atoms with Gasteiger partial charge in [0.2, 0.25) is 5.76 Å². The number of benzene rings is 2. The van der Waals surface area contributed by atoms with Gasteiger partial charge in [-0.3, -0.25) is 9.48 Å². The monoisotopic (exact) mass is 380 g/mol. The molecule has 8 heteroatoms. The summed E-state index contributed by atoms with van der Waals surface area (Å²) >= 11 is 0. The van der Waals surface area contributed by atoms with E-state index < -0.39 is 11.7 Å². The minimum absolute atomic E-state index is 0.0165. The van der Waals surface area contributed by atoms with Gasteiger partial charge in [0.1, 0.15) is 17.3 Å². The third-order valence-electron chi connectivity index (χ3n) is 3.98. The van der Waals surface area contributed by atoms with E-state index in [1.165, 1.54) is 36.5 Å². The lowest BCUT2D eigenvalue weighted by molar-refractivity contribution is 0.0988. The number of anilines is 1. The van der Waals surface area contributed by atoms with Crippen molar-refractivity contribution in [2.24, 2.45) is 0 Å². The molecule has 28 heavy (non-hydrogen) atoms. The largest absolute Gasteiger partial charge is 0.350 e. The smallest absolute Gasteiger partial charge is 0.294 e. The third-order valence-corrected chi connectivity index (χ3v) is 3.98. The highest BCUT2D eigenvalue weighted by Crippen LogP contribution is 2.20. The van der Waals surface area contributed by atoms with E-state index >= 15 is 0 Å². The molecule has 2 aromatic heterocycles. The van der Waals surface area contributed by atoms with Crippen LogP contribution in [-0.2, 0) is 6.54 Å². The standard InChI is InChI=1S/C20H14F2N4O2/c21-15-5-1-3-13(7-15)11-26-12-17(10-23-26)24-20(27)19-9-18(25-28-19)14-4-2-6-16(22)8-14/h1-10,12H,11H2,(H,24,27). The van der Waals surface area contributed by atoms with E-state index in [4.69, 9.17) is 4.52 Å². The Morgan fingerprint density at radius 2 is 1.86 bits per heavy atom. The summed E-state index contributed by atoms with van der Waals surface area (Å²) in [4.78, 5) is 12.3. The van der Waals surface area contributed by atoms with Gasteiger partial charge >= 0.3 is 0 Å². The first-order chi connectivity index (χ1) is 13.6. The van der Waals surface area contributed by atoms with Gasteiger partial charge in [-0.05, 0) is 29.8 Å². The van der Waals surface area contributed by atoms with Crippen LogP contribution in [0.2, 0.25) is 0 Å². The van der Waals surface area contributed by atoms with Crippen molar-refractivity contribution in [2.45, 2.75) is 6.54 Å². The van der Waals surface area contributed by atoms with Crippen LogP contribution in [0.4, 0.5) is 14.5 Å². The van der Waals surface area contributed by atoms with Crippen LogP contribution in [0.3, 0.4) is 0 Å². The van der Waals surface area contributed by atoms with Crippen molar-refractivity contribution >= 4 is 11.6 Å². The number of rotatable bonds is 5. The Bertz CT molecular complexity index is 1140. The molecule has 1 amide bonds. The van der Waals surface area contributed by atoms with Crippen molar-refractivity contribution in [1.29, 1.82) is 0 Å². The van der Waals surface area contributed by atoms with Gasteiger partial charge in [-0.2, -0.15) is 5.10 Å². The maximum absolute atomic E-state index is 13.3. The van der Waals surface area contributed by atoms with Gasteiger partial charge in [-0.15, -0.1) is 0 Å². The van der Waals surface area contributed by atoms with E-state index in [2.05, 4.69) is 15.6 Å². The highest BCUT2D eigenvalue weighted by Gasteiger charge is 2.15. The molecular formula is C20H14F2N4O2. The van der Waals surface area contributed by atoms with Crippen molar-refractivity contribution < 1.29 is 18.1 Å². The molecule has 4 rings (SSSR count). The molecule has 0 aliphatic heterocycles. The van der Waals surface area contributed by atoms with Crippen LogP contribution in [0, 0.1) is 11.6 Å². The summed E-state index contributed by atoms with van der Waals surface area (Å²) in [6.45, 7) is 0.361. The van der Waals surface area contributed by atoms with Crippen LogP contribution in [-0.4, -0.2) is 20.8 Å². The SMILES string of the molecule is O=C(Nc1cnn(Cc2cccc(F)c2)c1)c1cc(-c2cccc(F)c2)no1. The minimum Gasteiger partial charge on any atom is -0.350 e. The number of nitrogens with zero attached hydrogens (tertiary/aromatic N) is 3. The fraction of sp³-hybridized carbons (Fsp3) is 0.0500. The highest BCUT2D eigenvalue weighted by molar-refractivity contribution is 6.02. The molecule has 2 aromatic carbocycles. The Labute approximate surface area is 158 Å². The van der Waals surface area contributed by atoms with Gasteiger partial charge in [-0.25, -0.2) is 8.78 Å². The molecule has 0 aliphatic carbocycles. The average molecular weight is 380 g/mol. The Morgan fingerprint density at radius 1 is 1.07 bits per heavy atom. The summed E-state index contributed by atoms with van der Waals surface area (Å²) < 4.78 is 33.2. The van der Waals surface area contributed by atoms with Gasteiger partial charge in [0, 0.05) is 17.8 Å². The van der Waals surface area contributed by atoms with Crippen molar-refractivity contribution in [1.82, 2.24) is 14.9 Å². The molecule has 0 unspecified atom stereocenters. The maximum atomic E-state index is 13.3. The van der Waals surface area contributed by atoms with Crippen molar-refractivity contribution in [3.05, 3.63) is 89.9 Å². The quantitative estimate of drug-likeness (QED) is 0.565. The predicted molar refractivity (Wildman–Crippen MR) is 97.6 cm³/mol. The topological polar surface area (TPSA) is 73.0 Å². The number of aromatic nitrogens is 3. The molecule has 0 saturated heterocycles. The summed E-state index contributed by atoms with van der Waals surface area (Å²) in [5.41, 5.74) is 2.05. The zero-order valence-electron chi connectivity index (χ0n) is 14.5. The summed E-state index contributed by atoms with van der Waals surface area (Å²) in [6, 6.07) is 13.5. The molecule has 2 heterocycles. The van der Waals surface area contributed by atoms with E-state index in [1.54, 1.807) is 35.1 Å². The molecule has 0 bridgehead atoms. The Hall–Kier alpha value is -3.81. The molecule has 4 aromatic rings. The molecule has 140 valence electrons. The van der Waals surface area contributed by atoms with Gasteiger partial charge in [-0.1, -0.05) is 29.4 Å². The van der Waals surface area contributed by atoms with Gasteiger partial charge in [0.05, 0.1) is 18.4 Å². The fourth-order valence-corrected chi connectivity index (χ4v) is 2.70. The second-order valence-corrected chi connectivity index (χ2v) is 6.10. The van der Waals surface area contributed by atoms with Gasteiger partial charge in [0.25, 0.3) is 5.91 Å². The number of hydrogen-bond donors (Lipinski definition) is 1. The number of nitrogens with one attached hydrogen (secondary N) is 1. The molecule has 0 atom stereocenters. The van der Waals surface area contributed by atoms with Crippen LogP contribution < -0.4 is 5.32 Å². The van der Waals surface area contributed by atoms with E-state index in [9.17, 15) is 13.6 Å². The predicted octanol–water partition coefficient (Wildman–Crippen LogP) is 4.12. The van der Waals surface area contributed by atoms with Gasteiger partial charge < -0.3 is 9.84 Å². The van der Waals surface area contributed by atoms with Crippen LogP contribution in [0.1, 0.15) is 16.1 Å². The molecule has 0 radical (unpaired) electrons. The molecule has 0 spiro atoms. The first kappa shape index (κ1) is 17.6. The number of hydrogen-bond acceptors (Lipinski definition) is 4. The lowest BCUT2D eigenvalue weighted by atomic mass is 10.1. The summed E-state index contributed by atoms with van der Waals surface area (Å²) in [7, 11) is 0. The number of halogens is 2. The normalized spacial score (nSPS) is 10.8. The highest BCUT2D eigenvalue weighted by atomic mass is 19.1. The first-order valence-corrected chi connectivity index (χ1v) is 8.38. The molecule has 0 fully saturated rings. The number of carbonyl (C=O) groups excluding carboxylic acids is 1. The number of amides is 1. The summed E-state index contributed by atoms with van der Waals surface area (Å²) in [5.74, 6) is -1.26. The van der Waals surface area contributed by atoms with E-state index in [0.717, 1.165) is 5.56 Å². The fourth-order valence-electron chi connectivity index (χ4n) is 2.70. The van der Waals surface area contributed by atoms with Crippen molar-refractivity contribution in [3.63, 3.8) is 0 Å². The van der Waals surface area contributed by atoms with Crippen LogP contribution in [0.25, 0.3) is 11.3 Å². The van der Waals surface area contributed by atoms with Gasteiger partial charge in [0.15, 0.2) is 0 Å². The molecule has 6 nitrogen and oxygen atoms in total. The molecule has 0 saturated carbocycles. The summed E-state index contributed by atoms with van der Waals surface area (Å²) in [6.07, 6.45) is 3.09. The van der Waals surface area contributed by atoms with Crippen molar-refractivity contribution in [3.8, 4) is 11.3 Å². The first-order valence-electron chi connectivity index (χ1n) is 8.38.